The number of nitrogens with zero attached hydrogens (tertiary/aromatic N) is 2. The number of para-hydroxylation sites is 1. The van der Waals surface area contributed by atoms with Gasteiger partial charge >= 0.3 is 0 Å². The predicted molar refractivity (Wildman–Crippen MR) is 57.1 cm³/mol. The minimum absolute atomic E-state index is 0.272. The lowest BCUT2D eigenvalue weighted by molar-refractivity contribution is -0.106. The van der Waals surface area contributed by atoms with E-state index < -0.39 is 5.24 Å². The smallest absolute Gasteiger partial charge is 0.287 e. The third kappa shape index (κ3) is 3.37. The summed E-state index contributed by atoms with van der Waals surface area (Å²) >= 11 is 5.05. The molecule has 0 aliphatic heterocycles. The SMILES string of the molecule is NC(=NC=Nc1ccccc1)C(=O)Cl. The third-order valence-corrected chi connectivity index (χ3v) is 1.55. The maximum atomic E-state index is 10.4. The number of nitrogens with two attached hydrogens (primary N) is 1. The zero-order valence-electron chi connectivity index (χ0n) is 7.22. The van der Waals surface area contributed by atoms with Gasteiger partial charge in [0.05, 0.1) is 5.69 Å². The van der Waals surface area contributed by atoms with Crippen molar-refractivity contribution in [3.63, 3.8) is 0 Å². The average molecular weight is 210 g/mol. The first kappa shape index (κ1) is 10.4. The molecule has 1 aromatic carbocycles. The highest BCUT2D eigenvalue weighted by Crippen LogP contribution is 2.07. The first-order chi connectivity index (χ1) is 6.70. The minimum atomic E-state index is -0.787. The van der Waals surface area contributed by atoms with E-state index in [4.69, 9.17) is 17.3 Å². The van der Waals surface area contributed by atoms with E-state index in [0.29, 0.717) is 0 Å². The van der Waals surface area contributed by atoms with E-state index >= 15 is 0 Å². The molecule has 0 amide bonds. The van der Waals surface area contributed by atoms with Crippen LogP contribution < -0.4 is 5.73 Å². The van der Waals surface area contributed by atoms with E-state index in [1.54, 1.807) is 12.1 Å². The van der Waals surface area contributed by atoms with Crippen molar-refractivity contribution < 1.29 is 4.79 Å². The second-order valence-electron chi connectivity index (χ2n) is 2.37. The number of halogens is 1. The summed E-state index contributed by atoms with van der Waals surface area (Å²) in [5.41, 5.74) is 5.89. The number of hydrogen-bond donors (Lipinski definition) is 1. The van der Waals surface area contributed by atoms with Gasteiger partial charge in [-0.05, 0) is 23.7 Å². The maximum absolute atomic E-state index is 10.4. The van der Waals surface area contributed by atoms with Crippen molar-refractivity contribution in [2.45, 2.75) is 0 Å². The lowest BCUT2D eigenvalue weighted by Gasteiger charge is -1.89. The Morgan fingerprint density at radius 3 is 2.57 bits per heavy atom. The van der Waals surface area contributed by atoms with E-state index in [1.165, 1.54) is 6.34 Å². The largest absolute Gasteiger partial charge is 0.380 e. The highest BCUT2D eigenvalue weighted by molar-refractivity contribution is 6.81. The minimum Gasteiger partial charge on any atom is -0.380 e. The normalized spacial score (nSPS) is 11.9. The molecule has 0 saturated heterocycles. The van der Waals surface area contributed by atoms with Crippen LogP contribution in [0.4, 0.5) is 5.69 Å². The summed E-state index contributed by atoms with van der Waals surface area (Å²) in [7, 11) is 0. The monoisotopic (exact) mass is 209 g/mol. The molecule has 0 saturated carbocycles. The van der Waals surface area contributed by atoms with Gasteiger partial charge in [0.25, 0.3) is 5.24 Å². The van der Waals surface area contributed by atoms with Gasteiger partial charge in [-0.2, -0.15) is 0 Å². The van der Waals surface area contributed by atoms with E-state index in [2.05, 4.69) is 9.98 Å². The quantitative estimate of drug-likeness (QED) is 0.465. The number of hydrogen-bond acceptors (Lipinski definition) is 2. The van der Waals surface area contributed by atoms with Gasteiger partial charge in [-0.15, -0.1) is 0 Å². The molecule has 2 N–H and O–H groups in total. The predicted octanol–water partition coefficient (Wildman–Crippen LogP) is 1.47. The average Bonchev–Trinajstić information content (AvgIpc) is 2.19. The molecular weight excluding hydrogens is 202 g/mol. The number of carbonyl (C=O) groups excluding carboxylic acids is 1. The van der Waals surface area contributed by atoms with Crippen molar-refractivity contribution in [2.24, 2.45) is 15.7 Å². The van der Waals surface area contributed by atoms with Gasteiger partial charge in [0.15, 0.2) is 5.84 Å². The fourth-order valence-corrected chi connectivity index (χ4v) is 0.771. The van der Waals surface area contributed by atoms with Gasteiger partial charge in [0.1, 0.15) is 6.34 Å². The van der Waals surface area contributed by atoms with Gasteiger partial charge < -0.3 is 5.73 Å². The third-order valence-electron chi connectivity index (χ3n) is 1.36. The Morgan fingerprint density at radius 2 is 2.00 bits per heavy atom. The molecule has 14 heavy (non-hydrogen) atoms. The van der Waals surface area contributed by atoms with Crippen LogP contribution in [-0.2, 0) is 4.79 Å². The number of amidine groups is 1. The van der Waals surface area contributed by atoms with E-state index in [0.717, 1.165) is 5.69 Å². The summed E-state index contributed by atoms with van der Waals surface area (Å²) in [6.07, 6.45) is 1.19. The molecule has 0 spiro atoms. The Hall–Kier alpha value is -1.68. The van der Waals surface area contributed by atoms with E-state index in [-0.39, 0.29) is 5.84 Å². The molecule has 0 aliphatic rings. The van der Waals surface area contributed by atoms with Crippen molar-refractivity contribution in [3.05, 3.63) is 30.3 Å². The Labute approximate surface area is 86.1 Å². The standard InChI is InChI=1S/C9H8ClN3O/c10-8(14)9(11)13-6-12-7-4-2-1-3-5-7/h1-6H,(H2,11,12,13). The fraction of sp³-hybridized carbons (Fsp3) is 0. The summed E-state index contributed by atoms with van der Waals surface area (Å²) < 4.78 is 0. The number of benzene rings is 1. The molecule has 0 atom stereocenters. The zero-order valence-corrected chi connectivity index (χ0v) is 7.98. The molecule has 72 valence electrons. The topological polar surface area (TPSA) is 67.8 Å². The first-order valence-electron chi connectivity index (χ1n) is 3.81. The lowest BCUT2D eigenvalue weighted by atomic mass is 10.3. The van der Waals surface area contributed by atoms with E-state index in [1.807, 2.05) is 18.2 Å². The van der Waals surface area contributed by atoms with Gasteiger partial charge in [-0.25, -0.2) is 9.98 Å². The summed E-state index contributed by atoms with van der Waals surface area (Å²) in [6.45, 7) is 0. The molecule has 0 bridgehead atoms. The lowest BCUT2D eigenvalue weighted by Crippen LogP contribution is -2.18. The number of aliphatic imine (C=N–C) groups is 2. The van der Waals surface area contributed by atoms with Crippen LogP contribution in [0.3, 0.4) is 0 Å². The molecule has 0 fully saturated rings. The molecule has 1 aromatic rings. The molecule has 0 unspecified atom stereocenters. The zero-order chi connectivity index (χ0) is 10.4. The highest BCUT2D eigenvalue weighted by Gasteiger charge is 1.98. The highest BCUT2D eigenvalue weighted by atomic mass is 35.5. The number of rotatable bonds is 3. The summed E-state index contributed by atoms with van der Waals surface area (Å²) in [6, 6.07) is 9.15. The van der Waals surface area contributed by atoms with Crippen LogP contribution in [0.15, 0.2) is 40.3 Å². The van der Waals surface area contributed by atoms with Crippen molar-refractivity contribution in [3.8, 4) is 0 Å². The van der Waals surface area contributed by atoms with Crippen molar-refractivity contribution in [1.82, 2.24) is 0 Å². The second-order valence-corrected chi connectivity index (χ2v) is 2.71. The van der Waals surface area contributed by atoms with Gasteiger partial charge in [0.2, 0.25) is 0 Å². The summed E-state index contributed by atoms with van der Waals surface area (Å²) in [4.78, 5) is 17.9. The van der Waals surface area contributed by atoms with Crippen molar-refractivity contribution >= 4 is 34.7 Å². The Morgan fingerprint density at radius 1 is 1.36 bits per heavy atom. The Balaban J connectivity index is 2.66. The van der Waals surface area contributed by atoms with Crippen LogP contribution in [0.2, 0.25) is 0 Å². The van der Waals surface area contributed by atoms with Crippen molar-refractivity contribution in [2.75, 3.05) is 0 Å². The van der Waals surface area contributed by atoms with Crippen LogP contribution in [0, 0.1) is 0 Å². The van der Waals surface area contributed by atoms with Crippen LogP contribution in [0.5, 0.6) is 0 Å². The van der Waals surface area contributed by atoms with E-state index in [9.17, 15) is 4.79 Å². The Bertz CT molecular complexity index is 373. The van der Waals surface area contributed by atoms with Gasteiger partial charge in [0, 0.05) is 0 Å². The van der Waals surface area contributed by atoms with Crippen LogP contribution in [0.25, 0.3) is 0 Å². The maximum Gasteiger partial charge on any atom is 0.287 e. The molecule has 5 heteroatoms. The van der Waals surface area contributed by atoms with Crippen molar-refractivity contribution in [1.29, 1.82) is 0 Å². The molecule has 0 heterocycles. The molecular formula is C9H8ClN3O. The fourth-order valence-electron chi connectivity index (χ4n) is 0.723. The van der Waals surface area contributed by atoms with Gasteiger partial charge in [-0.3, -0.25) is 4.79 Å². The molecule has 0 aromatic heterocycles. The molecule has 0 aliphatic carbocycles. The summed E-state index contributed by atoms with van der Waals surface area (Å²) in [5.74, 6) is -0.272. The first-order valence-corrected chi connectivity index (χ1v) is 4.18. The molecule has 4 nitrogen and oxygen atoms in total. The van der Waals surface area contributed by atoms with Crippen LogP contribution in [-0.4, -0.2) is 17.4 Å². The molecule has 0 radical (unpaired) electrons. The number of carbonyl (C=O) groups is 1. The van der Waals surface area contributed by atoms with Crippen LogP contribution >= 0.6 is 11.6 Å². The van der Waals surface area contributed by atoms with Crippen LogP contribution in [0.1, 0.15) is 0 Å². The summed E-state index contributed by atoms with van der Waals surface area (Å²) in [5, 5.41) is -0.787. The van der Waals surface area contributed by atoms with Gasteiger partial charge in [-0.1, -0.05) is 18.2 Å². The Kier molecular flexibility index (Phi) is 3.82. The second kappa shape index (κ2) is 5.14. The molecule has 1 rings (SSSR count).